The molecule has 0 saturated carbocycles. The Labute approximate surface area is 96.7 Å². The maximum Gasteiger partial charge on any atom is 0.341 e. The van der Waals surface area contributed by atoms with E-state index in [1.807, 2.05) is 5.32 Å². The second-order valence-corrected chi connectivity index (χ2v) is 3.06. The molecule has 0 atom stereocenters. The number of rotatable bonds is 4. The molecule has 0 saturated heterocycles. The summed E-state index contributed by atoms with van der Waals surface area (Å²) in [6, 6.07) is -0.937. The van der Waals surface area contributed by atoms with Crippen molar-refractivity contribution in [1.29, 1.82) is 0 Å². The Morgan fingerprint density at radius 1 is 1.53 bits per heavy atom. The largest absolute Gasteiger partial charge is 0.462 e. The summed E-state index contributed by atoms with van der Waals surface area (Å²) < 4.78 is 5.94. The van der Waals surface area contributed by atoms with E-state index < -0.39 is 17.9 Å². The standard InChI is InChI=1S/C9H12N4O4/c1-2-17-8(15)6-3-11-13(4-6)5-7(14)12-9(10)16/h3-4H,2,5H2,1H3,(H3,10,12,14,16). The zero-order valence-electron chi connectivity index (χ0n) is 9.17. The van der Waals surface area contributed by atoms with Crippen molar-refractivity contribution in [2.24, 2.45) is 5.73 Å². The first-order chi connectivity index (χ1) is 8.02. The second kappa shape index (κ2) is 5.64. The molecule has 1 heterocycles. The fraction of sp³-hybridized carbons (Fsp3) is 0.333. The summed E-state index contributed by atoms with van der Waals surface area (Å²) in [7, 11) is 0. The van der Waals surface area contributed by atoms with E-state index in [2.05, 4.69) is 5.10 Å². The van der Waals surface area contributed by atoms with Crippen LogP contribution in [0.2, 0.25) is 0 Å². The normalized spacial score (nSPS) is 9.71. The summed E-state index contributed by atoms with van der Waals surface area (Å²) in [6.07, 6.45) is 2.62. The minimum absolute atomic E-state index is 0.206. The van der Waals surface area contributed by atoms with Crippen LogP contribution in [0.25, 0.3) is 0 Å². The van der Waals surface area contributed by atoms with Gasteiger partial charge in [-0.1, -0.05) is 0 Å². The highest BCUT2D eigenvalue weighted by molar-refractivity contribution is 5.93. The molecule has 0 spiro atoms. The molecule has 0 aromatic carbocycles. The smallest absolute Gasteiger partial charge is 0.341 e. The molecule has 8 heteroatoms. The van der Waals surface area contributed by atoms with Gasteiger partial charge in [0.15, 0.2) is 0 Å². The fourth-order valence-corrected chi connectivity index (χ4v) is 1.09. The van der Waals surface area contributed by atoms with E-state index in [0.717, 1.165) is 0 Å². The zero-order valence-corrected chi connectivity index (χ0v) is 9.17. The van der Waals surface area contributed by atoms with Gasteiger partial charge >= 0.3 is 12.0 Å². The summed E-state index contributed by atoms with van der Waals surface area (Å²) in [5, 5.41) is 5.65. The lowest BCUT2D eigenvalue weighted by Crippen LogP contribution is -2.37. The summed E-state index contributed by atoms with van der Waals surface area (Å²) in [4.78, 5) is 32.8. The molecule has 1 aromatic heterocycles. The Kier molecular flexibility index (Phi) is 4.21. The molecule has 3 N–H and O–H groups in total. The quantitative estimate of drug-likeness (QED) is 0.672. The van der Waals surface area contributed by atoms with Crippen molar-refractivity contribution in [3.8, 4) is 0 Å². The van der Waals surface area contributed by atoms with Crippen LogP contribution in [-0.2, 0) is 16.1 Å². The number of carbonyl (C=O) groups excluding carboxylic acids is 3. The lowest BCUT2D eigenvalue weighted by Gasteiger charge is -2.00. The van der Waals surface area contributed by atoms with Crippen molar-refractivity contribution < 1.29 is 19.1 Å². The summed E-state index contributed by atoms with van der Waals surface area (Å²) in [6.45, 7) is 1.73. The molecule has 1 aromatic rings. The number of primary amides is 1. The Morgan fingerprint density at radius 3 is 2.82 bits per heavy atom. The molecule has 0 bridgehead atoms. The van der Waals surface area contributed by atoms with Crippen LogP contribution in [0.5, 0.6) is 0 Å². The highest BCUT2D eigenvalue weighted by Crippen LogP contribution is 2.00. The number of urea groups is 1. The van der Waals surface area contributed by atoms with Gasteiger partial charge in [0.25, 0.3) is 0 Å². The molecule has 0 fully saturated rings. The van der Waals surface area contributed by atoms with Gasteiger partial charge in [0.2, 0.25) is 5.91 Å². The third-order valence-electron chi connectivity index (χ3n) is 1.71. The van der Waals surface area contributed by atoms with Crippen LogP contribution < -0.4 is 11.1 Å². The first kappa shape index (κ1) is 12.7. The van der Waals surface area contributed by atoms with E-state index in [1.54, 1.807) is 6.92 Å². The van der Waals surface area contributed by atoms with Crippen molar-refractivity contribution in [3.63, 3.8) is 0 Å². The first-order valence-electron chi connectivity index (χ1n) is 4.81. The van der Waals surface area contributed by atoms with E-state index >= 15 is 0 Å². The van der Waals surface area contributed by atoms with Crippen LogP contribution in [0.4, 0.5) is 4.79 Å². The van der Waals surface area contributed by atoms with Crippen molar-refractivity contribution in [1.82, 2.24) is 15.1 Å². The summed E-state index contributed by atoms with van der Waals surface area (Å²) >= 11 is 0. The monoisotopic (exact) mass is 240 g/mol. The highest BCUT2D eigenvalue weighted by atomic mass is 16.5. The zero-order chi connectivity index (χ0) is 12.8. The number of esters is 1. The van der Waals surface area contributed by atoms with Crippen LogP contribution in [0.3, 0.4) is 0 Å². The average molecular weight is 240 g/mol. The number of aromatic nitrogens is 2. The van der Waals surface area contributed by atoms with Crippen LogP contribution in [-0.4, -0.2) is 34.3 Å². The molecular formula is C9H12N4O4. The van der Waals surface area contributed by atoms with E-state index in [4.69, 9.17) is 10.5 Å². The molecule has 3 amide bonds. The van der Waals surface area contributed by atoms with Gasteiger partial charge in [0.1, 0.15) is 6.54 Å². The SMILES string of the molecule is CCOC(=O)c1cnn(CC(=O)NC(N)=O)c1. The number of nitrogens with two attached hydrogens (primary N) is 1. The van der Waals surface area contributed by atoms with Gasteiger partial charge in [-0.05, 0) is 6.92 Å². The lowest BCUT2D eigenvalue weighted by atomic mass is 10.4. The lowest BCUT2D eigenvalue weighted by molar-refractivity contribution is -0.120. The van der Waals surface area contributed by atoms with E-state index in [0.29, 0.717) is 0 Å². The molecular weight excluding hydrogens is 228 g/mol. The number of nitrogens with one attached hydrogen (secondary N) is 1. The number of carbonyl (C=O) groups is 3. The topological polar surface area (TPSA) is 116 Å². The van der Waals surface area contributed by atoms with Crippen molar-refractivity contribution in [3.05, 3.63) is 18.0 Å². The molecule has 0 aliphatic heterocycles. The molecule has 0 radical (unpaired) electrons. The van der Waals surface area contributed by atoms with Gasteiger partial charge < -0.3 is 10.5 Å². The third-order valence-corrected chi connectivity index (χ3v) is 1.71. The highest BCUT2D eigenvalue weighted by Gasteiger charge is 2.11. The van der Waals surface area contributed by atoms with Crippen molar-refractivity contribution >= 4 is 17.9 Å². The van der Waals surface area contributed by atoms with E-state index in [1.165, 1.54) is 17.1 Å². The number of nitrogens with zero attached hydrogens (tertiary/aromatic N) is 2. The minimum atomic E-state index is -0.937. The Balaban J connectivity index is 2.59. The molecule has 1 rings (SSSR count). The molecule has 0 aliphatic rings. The van der Waals surface area contributed by atoms with Gasteiger partial charge in [0.05, 0.1) is 18.4 Å². The van der Waals surface area contributed by atoms with Crippen LogP contribution in [0.15, 0.2) is 12.4 Å². The van der Waals surface area contributed by atoms with E-state index in [-0.39, 0.29) is 18.7 Å². The Morgan fingerprint density at radius 2 is 2.24 bits per heavy atom. The van der Waals surface area contributed by atoms with Crippen molar-refractivity contribution in [2.75, 3.05) is 6.61 Å². The molecule has 17 heavy (non-hydrogen) atoms. The maximum absolute atomic E-state index is 11.3. The Hall–Kier alpha value is -2.38. The van der Waals surface area contributed by atoms with Crippen LogP contribution in [0, 0.1) is 0 Å². The predicted octanol–water partition coefficient (Wildman–Crippen LogP) is -0.745. The molecule has 8 nitrogen and oxygen atoms in total. The predicted molar refractivity (Wildman–Crippen MR) is 55.9 cm³/mol. The number of hydrogen-bond acceptors (Lipinski definition) is 5. The second-order valence-electron chi connectivity index (χ2n) is 3.06. The minimum Gasteiger partial charge on any atom is -0.462 e. The average Bonchev–Trinajstić information content (AvgIpc) is 2.65. The summed E-state index contributed by atoms with van der Waals surface area (Å²) in [5.74, 6) is -1.13. The number of ether oxygens (including phenoxy) is 1. The summed E-state index contributed by atoms with van der Waals surface area (Å²) in [5.41, 5.74) is 5.00. The molecule has 92 valence electrons. The molecule has 0 aliphatic carbocycles. The number of amides is 3. The van der Waals surface area contributed by atoms with Gasteiger partial charge in [0, 0.05) is 6.20 Å². The van der Waals surface area contributed by atoms with Crippen LogP contribution in [0.1, 0.15) is 17.3 Å². The van der Waals surface area contributed by atoms with Gasteiger partial charge in [-0.25, -0.2) is 9.59 Å². The maximum atomic E-state index is 11.3. The first-order valence-corrected chi connectivity index (χ1v) is 4.81. The fourth-order valence-electron chi connectivity index (χ4n) is 1.09. The van der Waals surface area contributed by atoms with Gasteiger partial charge in [-0.3, -0.25) is 14.8 Å². The van der Waals surface area contributed by atoms with Crippen molar-refractivity contribution in [2.45, 2.75) is 13.5 Å². The van der Waals surface area contributed by atoms with E-state index in [9.17, 15) is 14.4 Å². The number of imide groups is 1. The Bertz CT molecular complexity index is 440. The van der Waals surface area contributed by atoms with Crippen LogP contribution >= 0.6 is 0 Å². The molecule has 0 unspecified atom stereocenters. The third kappa shape index (κ3) is 3.93. The number of hydrogen-bond donors (Lipinski definition) is 2. The van der Waals surface area contributed by atoms with Gasteiger partial charge in [-0.15, -0.1) is 0 Å². The van der Waals surface area contributed by atoms with Gasteiger partial charge in [-0.2, -0.15) is 5.10 Å².